The van der Waals surface area contributed by atoms with Crippen LogP contribution in [0.5, 0.6) is 11.5 Å². The monoisotopic (exact) mass is 352 g/mol. The molecule has 1 aromatic carbocycles. The minimum Gasteiger partial charge on any atom is -0.489 e. The molecule has 0 saturated carbocycles. The molecule has 0 bridgehead atoms. The molecule has 3 aromatic rings. The summed E-state index contributed by atoms with van der Waals surface area (Å²) in [6, 6.07) is 8.20. The summed E-state index contributed by atoms with van der Waals surface area (Å²) in [5.41, 5.74) is 3.72. The highest BCUT2D eigenvalue weighted by Gasteiger charge is 2.19. The lowest BCUT2D eigenvalue weighted by atomic mass is 10.1. The Morgan fingerprint density at radius 1 is 0.692 bits per heavy atom. The normalized spacial score (nSPS) is 11.2. The van der Waals surface area contributed by atoms with E-state index in [0.717, 1.165) is 70.4 Å². The largest absolute Gasteiger partial charge is 0.489 e. The van der Waals surface area contributed by atoms with Crippen molar-refractivity contribution in [2.75, 3.05) is 13.2 Å². The summed E-state index contributed by atoms with van der Waals surface area (Å²) in [6.45, 7) is 9.69. The number of aromatic nitrogens is 2. The van der Waals surface area contributed by atoms with Crippen molar-refractivity contribution in [3.05, 3.63) is 35.7 Å². The molecule has 4 nitrogen and oxygen atoms in total. The Morgan fingerprint density at radius 2 is 1.12 bits per heavy atom. The van der Waals surface area contributed by atoms with E-state index in [4.69, 9.17) is 19.4 Å². The van der Waals surface area contributed by atoms with E-state index in [1.54, 1.807) is 0 Å². The van der Waals surface area contributed by atoms with Gasteiger partial charge in [0.1, 0.15) is 11.0 Å². The minimum atomic E-state index is 0.675. The van der Waals surface area contributed by atoms with Crippen LogP contribution in [0.25, 0.3) is 21.8 Å². The highest BCUT2D eigenvalue weighted by molar-refractivity contribution is 6.10. The SMILES string of the molecule is CCCCOc1c(OCCCC)c2ccc(C)nc2c2nc(C)ccc12. The smallest absolute Gasteiger partial charge is 0.171 e. The second kappa shape index (κ2) is 8.35. The number of ether oxygens (including phenoxy) is 2. The zero-order valence-electron chi connectivity index (χ0n) is 16.3. The molecule has 0 saturated heterocycles. The van der Waals surface area contributed by atoms with Crippen LogP contribution in [0, 0.1) is 13.8 Å². The van der Waals surface area contributed by atoms with Crippen LogP contribution in [0.4, 0.5) is 0 Å². The Labute approximate surface area is 155 Å². The van der Waals surface area contributed by atoms with E-state index < -0.39 is 0 Å². The number of aryl methyl sites for hydroxylation is 2. The number of hydrogen-bond acceptors (Lipinski definition) is 4. The summed E-state index contributed by atoms with van der Waals surface area (Å²) in [4.78, 5) is 9.55. The van der Waals surface area contributed by atoms with Crippen LogP contribution >= 0.6 is 0 Å². The molecule has 0 aliphatic rings. The summed E-state index contributed by atoms with van der Waals surface area (Å²) in [7, 11) is 0. The molecular weight excluding hydrogens is 324 g/mol. The van der Waals surface area contributed by atoms with Crippen molar-refractivity contribution >= 4 is 21.8 Å². The molecule has 0 amide bonds. The quantitative estimate of drug-likeness (QED) is 0.382. The van der Waals surface area contributed by atoms with Gasteiger partial charge in [-0.2, -0.15) is 0 Å². The standard InChI is InChI=1S/C22H28N2O2/c1-5-7-13-25-21-17-11-9-15(3)23-19(17)20-18(12-10-16(4)24-20)22(21)26-14-8-6-2/h9-12H,5-8,13-14H2,1-4H3. The molecule has 0 fully saturated rings. The van der Waals surface area contributed by atoms with Crippen LogP contribution in [0.3, 0.4) is 0 Å². The zero-order chi connectivity index (χ0) is 18.5. The third-order valence-electron chi connectivity index (χ3n) is 4.48. The van der Waals surface area contributed by atoms with E-state index in [1.807, 2.05) is 26.0 Å². The fourth-order valence-corrected chi connectivity index (χ4v) is 3.01. The van der Waals surface area contributed by atoms with E-state index in [2.05, 4.69) is 26.0 Å². The summed E-state index contributed by atoms with van der Waals surface area (Å²) in [6.07, 6.45) is 4.21. The first-order valence-corrected chi connectivity index (χ1v) is 9.62. The highest BCUT2D eigenvalue weighted by atomic mass is 16.5. The maximum absolute atomic E-state index is 6.21. The number of pyridine rings is 2. The first-order valence-electron chi connectivity index (χ1n) is 9.62. The van der Waals surface area contributed by atoms with E-state index in [1.165, 1.54) is 0 Å². The van der Waals surface area contributed by atoms with Crippen molar-refractivity contribution in [1.82, 2.24) is 9.97 Å². The van der Waals surface area contributed by atoms with E-state index in [0.29, 0.717) is 13.2 Å². The second-order valence-corrected chi connectivity index (χ2v) is 6.76. The predicted molar refractivity (Wildman–Crippen MR) is 107 cm³/mol. The number of benzene rings is 1. The lowest BCUT2D eigenvalue weighted by molar-refractivity contribution is 0.267. The summed E-state index contributed by atoms with van der Waals surface area (Å²) < 4.78 is 12.4. The van der Waals surface area contributed by atoms with Crippen LogP contribution in [0.1, 0.15) is 50.9 Å². The zero-order valence-corrected chi connectivity index (χ0v) is 16.3. The summed E-state index contributed by atoms with van der Waals surface area (Å²) in [5, 5.41) is 1.95. The molecule has 0 unspecified atom stereocenters. The molecule has 0 radical (unpaired) electrons. The number of unbranched alkanes of at least 4 members (excludes halogenated alkanes) is 2. The number of rotatable bonds is 8. The van der Waals surface area contributed by atoms with Gasteiger partial charge in [-0.1, -0.05) is 26.7 Å². The van der Waals surface area contributed by atoms with E-state index in [-0.39, 0.29) is 0 Å². The highest BCUT2D eigenvalue weighted by Crippen LogP contribution is 2.42. The van der Waals surface area contributed by atoms with Gasteiger partial charge in [0, 0.05) is 22.2 Å². The number of hydrogen-bond donors (Lipinski definition) is 0. The molecule has 0 spiro atoms. The average Bonchev–Trinajstić information content (AvgIpc) is 2.63. The average molecular weight is 352 g/mol. The van der Waals surface area contributed by atoms with Gasteiger partial charge >= 0.3 is 0 Å². The molecule has 26 heavy (non-hydrogen) atoms. The van der Waals surface area contributed by atoms with Gasteiger partial charge in [-0.15, -0.1) is 0 Å². The Bertz CT molecular complexity index is 831. The van der Waals surface area contributed by atoms with Crippen molar-refractivity contribution in [2.24, 2.45) is 0 Å². The van der Waals surface area contributed by atoms with Gasteiger partial charge in [-0.05, 0) is 51.0 Å². The summed E-state index contributed by atoms with van der Waals surface area (Å²) in [5.74, 6) is 1.60. The van der Waals surface area contributed by atoms with Gasteiger partial charge in [-0.25, -0.2) is 0 Å². The number of fused-ring (bicyclic) bond motifs is 3. The van der Waals surface area contributed by atoms with Gasteiger partial charge in [0.2, 0.25) is 0 Å². The molecule has 2 heterocycles. The molecule has 0 aliphatic heterocycles. The maximum atomic E-state index is 6.21. The van der Waals surface area contributed by atoms with Crippen molar-refractivity contribution < 1.29 is 9.47 Å². The van der Waals surface area contributed by atoms with Gasteiger partial charge in [0.25, 0.3) is 0 Å². The van der Waals surface area contributed by atoms with Gasteiger partial charge in [0.15, 0.2) is 11.5 Å². The topological polar surface area (TPSA) is 44.2 Å². The van der Waals surface area contributed by atoms with Crippen LogP contribution in [-0.4, -0.2) is 23.2 Å². The fraction of sp³-hybridized carbons (Fsp3) is 0.455. The van der Waals surface area contributed by atoms with Crippen LogP contribution < -0.4 is 9.47 Å². The van der Waals surface area contributed by atoms with Crippen LogP contribution in [-0.2, 0) is 0 Å². The van der Waals surface area contributed by atoms with Crippen LogP contribution in [0.15, 0.2) is 24.3 Å². The maximum Gasteiger partial charge on any atom is 0.171 e. The first-order chi connectivity index (χ1) is 12.7. The van der Waals surface area contributed by atoms with E-state index in [9.17, 15) is 0 Å². The Balaban J connectivity index is 2.25. The van der Waals surface area contributed by atoms with Crippen molar-refractivity contribution in [1.29, 1.82) is 0 Å². The fourth-order valence-electron chi connectivity index (χ4n) is 3.01. The van der Waals surface area contributed by atoms with Gasteiger partial charge in [-0.3, -0.25) is 9.97 Å². The third kappa shape index (κ3) is 3.74. The third-order valence-corrected chi connectivity index (χ3v) is 4.48. The molecule has 0 N–H and O–H groups in total. The molecule has 3 rings (SSSR count). The van der Waals surface area contributed by atoms with Crippen LogP contribution in [0.2, 0.25) is 0 Å². The molecule has 4 heteroatoms. The van der Waals surface area contributed by atoms with Crippen molar-refractivity contribution in [2.45, 2.75) is 53.4 Å². The molecule has 0 atom stereocenters. The lowest BCUT2D eigenvalue weighted by Crippen LogP contribution is -2.05. The minimum absolute atomic E-state index is 0.675. The molecule has 0 aliphatic carbocycles. The Kier molecular flexibility index (Phi) is 5.92. The lowest BCUT2D eigenvalue weighted by Gasteiger charge is -2.18. The molecular formula is C22H28N2O2. The van der Waals surface area contributed by atoms with Crippen molar-refractivity contribution in [3.63, 3.8) is 0 Å². The van der Waals surface area contributed by atoms with Gasteiger partial charge in [0.05, 0.1) is 13.2 Å². The summed E-state index contributed by atoms with van der Waals surface area (Å²) >= 11 is 0. The van der Waals surface area contributed by atoms with Gasteiger partial charge < -0.3 is 9.47 Å². The number of nitrogens with zero attached hydrogens (tertiary/aromatic N) is 2. The predicted octanol–water partition coefficient (Wildman–Crippen LogP) is 5.76. The Hall–Kier alpha value is -2.36. The first kappa shape index (κ1) is 18.4. The molecule has 2 aromatic heterocycles. The van der Waals surface area contributed by atoms with Crippen molar-refractivity contribution in [3.8, 4) is 11.5 Å². The molecule has 138 valence electrons. The second-order valence-electron chi connectivity index (χ2n) is 6.76. The van der Waals surface area contributed by atoms with E-state index >= 15 is 0 Å². The Morgan fingerprint density at radius 3 is 1.50 bits per heavy atom.